The number of nitrogens with two attached hydrogens (primary N) is 2. The van der Waals surface area contributed by atoms with E-state index in [1.807, 2.05) is 6.92 Å². The lowest BCUT2D eigenvalue weighted by molar-refractivity contribution is -0.164. The van der Waals surface area contributed by atoms with Crippen LogP contribution in [0, 0.1) is 23.3 Å². The number of hydrogen-bond acceptors (Lipinski definition) is 9. The normalized spacial score (nSPS) is 13.5. The van der Waals surface area contributed by atoms with Gasteiger partial charge in [-0.1, -0.05) is 0 Å². The molecule has 8 nitrogen and oxygen atoms in total. The lowest BCUT2D eigenvalue weighted by atomic mass is 9.73. The topological polar surface area (TPSA) is 134 Å². The summed E-state index contributed by atoms with van der Waals surface area (Å²) in [6, 6.07) is -0.0838. The average Bonchev–Trinajstić information content (AvgIpc) is 2.78. The predicted molar refractivity (Wildman–Crippen MR) is 114 cm³/mol. The summed E-state index contributed by atoms with van der Waals surface area (Å²) in [7, 11) is 0. The Hall–Kier alpha value is -2.35. The number of ketones is 1. The van der Waals surface area contributed by atoms with Crippen LogP contribution in [0.5, 0.6) is 0 Å². The van der Waals surface area contributed by atoms with Crippen molar-refractivity contribution in [1.29, 1.82) is 0 Å². The Morgan fingerprint density at radius 1 is 1.12 bits per heavy atom. The van der Waals surface area contributed by atoms with Crippen LogP contribution in [0.2, 0.25) is 0 Å². The Labute approximate surface area is 192 Å². The maximum absolute atomic E-state index is 14.7. The van der Waals surface area contributed by atoms with Crippen molar-refractivity contribution in [3.05, 3.63) is 34.9 Å². The summed E-state index contributed by atoms with van der Waals surface area (Å²) in [6.45, 7) is 2.07. The summed E-state index contributed by atoms with van der Waals surface area (Å²) in [5.41, 5.74) is 6.01. The van der Waals surface area contributed by atoms with E-state index in [2.05, 4.69) is 9.73 Å². The van der Waals surface area contributed by atoms with Crippen molar-refractivity contribution in [3.8, 4) is 0 Å². The molecule has 0 amide bonds. The number of nitrogens with zero attached hydrogens (tertiary/aromatic N) is 1. The number of hydrogen-bond donors (Lipinski definition) is 2. The number of rotatable bonds is 12. The quantitative estimate of drug-likeness (QED) is 0.0850. The predicted octanol–water partition coefficient (Wildman–Crippen LogP) is 1.62. The highest BCUT2D eigenvalue weighted by atomic mass is 32.2. The molecule has 1 atom stereocenters. The highest BCUT2D eigenvalue weighted by Crippen LogP contribution is 2.37. The van der Waals surface area contributed by atoms with Crippen molar-refractivity contribution in [2.45, 2.75) is 25.7 Å². The fourth-order valence-corrected chi connectivity index (χ4v) is 3.53. The van der Waals surface area contributed by atoms with Crippen molar-refractivity contribution in [2.24, 2.45) is 16.5 Å². The summed E-state index contributed by atoms with van der Waals surface area (Å²) >= 11 is 1.21. The van der Waals surface area contributed by atoms with Gasteiger partial charge >= 0.3 is 11.9 Å². The summed E-state index contributed by atoms with van der Waals surface area (Å²) < 4.78 is 66.9. The summed E-state index contributed by atoms with van der Waals surface area (Å²) in [5, 5.41) is 0.363. The van der Waals surface area contributed by atoms with E-state index in [-0.39, 0.29) is 6.07 Å². The van der Waals surface area contributed by atoms with Gasteiger partial charge in [-0.15, -0.1) is 11.8 Å². The van der Waals surface area contributed by atoms with Crippen LogP contribution >= 0.6 is 11.8 Å². The molecule has 1 aromatic carbocycles. The Balaban J connectivity index is 3.54. The van der Waals surface area contributed by atoms with Crippen molar-refractivity contribution in [2.75, 3.05) is 38.6 Å². The third-order valence-corrected chi connectivity index (χ3v) is 5.36. The molecule has 0 aliphatic rings. The second-order valence-corrected chi connectivity index (χ2v) is 7.84. The van der Waals surface area contributed by atoms with Gasteiger partial charge in [0.05, 0.1) is 30.3 Å². The highest BCUT2D eigenvalue weighted by Gasteiger charge is 2.53. The molecule has 1 unspecified atom stereocenters. The number of carbonyl (C=O) groups excluding carboxylic acids is 3. The monoisotopic (exact) mass is 495 g/mol. The molecule has 0 aliphatic heterocycles. The van der Waals surface area contributed by atoms with E-state index in [0.717, 1.165) is 0 Å². The molecule has 184 valence electrons. The van der Waals surface area contributed by atoms with Crippen molar-refractivity contribution in [1.82, 2.24) is 0 Å². The summed E-state index contributed by atoms with van der Waals surface area (Å²) in [5.74, 6) is -11.6. The van der Waals surface area contributed by atoms with Crippen LogP contribution in [-0.4, -0.2) is 61.4 Å². The minimum atomic E-state index is -2.99. The van der Waals surface area contributed by atoms with Gasteiger partial charge in [0, 0.05) is 18.4 Å². The number of ether oxygens (including phenoxy) is 2. The third-order valence-electron chi connectivity index (χ3n) is 4.44. The minimum absolute atomic E-state index is 0.0838. The molecule has 0 bridgehead atoms. The molecule has 0 heterocycles. The first-order chi connectivity index (χ1) is 15.6. The molecule has 0 radical (unpaired) electrons. The SMILES string of the molecule is CCOCCSC(C)=NCC(=O)C(CCN)(C(=O)OC(=O)CN)c1c(F)c(F)cc(F)c1F. The van der Waals surface area contributed by atoms with Gasteiger partial charge in [0.2, 0.25) is 0 Å². The first kappa shape index (κ1) is 28.7. The standard InChI is InChI=1S/C20H25F4N3O5S/c1-3-31-6-7-33-11(2)27-10-14(28)20(4-5-25,19(30)32-15(29)9-26)16-17(23)12(21)8-13(22)18(16)24/h8H,3-7,9-10,25-26H2,1-2H3. The smallest absolute Gasteiger partial charge is 0.332 e. The fourth-order valence-electron chi connectivity index (χ4n) is 2.87. The maximum atomic E-state index is 14.7. The van der Waals surface area contributed by atoms with Crippen LogP contribution in [0.4, 0.5) is 17.6 Å². The number of thioether (sulfide) groups is 1. The highest BCUT2D eigenvalue weighted by molar-refractivity contribution is 8.13. The number of esters is 2. The molecule has 1 rings (SSSR count). The van der Waals surface area contributed by atoms with Crippen LogP contribution in [0.15, 0.2) is 11.1 Å². The molecule has 0 saturated carbocycles. The van der Waals surface area contributed by atoms with E-state index < -0.39 is 78.0 Å². The first-order valence-electron chi connectivity index (χ1n) is 9.80. The van der Waals surface area contributed by atoms with E-state index >= 15 is 0 Å². The maximum Gasteiger partial charge on any atom is 0.332 e. The summed E-state index contributed by atoms with van der Waals surface area (Å²) in [6.07, 6.45) is -0.828. The van der Waals surface area contributed by atoms with Gasteiger partial charge in [-0.2, -0.15) is 0 Å². The van der Waals surface area contributed by atoms with E-state index in [1.165, 1.54) is 18.7 Å². The van der Waals surface area contributed by atoms with Gasteiger partial charge in [0.25, 0.3) is 0 Å². The van der Waals surface area contributed by atoms with Crippen LogP contribution in [0.25, 0.3) is 0 Å². The number of benzene rings is 1. The Morgan fingerprint density at radius 3 is 2.24 bits per heavy atom. The average molecular weight is 495 g/mol. The molecule has 0 fully saturated rings. The van der Waals surface area contributed by atoms with Gasteiger partial charge in [-0.25, -0.2) is 17.6 Å². The molecule has 0 aromatic heterocycles. The minimum Gasteiger partial charge on any atom is -0.391 e. The second-order valence-electron chi connectivity index (χ2n) is 6.56. The molecular formula is C20H25F4N3O5S. The Bertz CT molecular complexity index is 890. The number of aliphatic imine (C=N–C) groups is 1. The van der Waals surface area contributed by atoms with Gasteiger partial charge in [0.1, 0.15) is 0 Å². The van der Waals surface area contributed by atoms with Crippen molar-refractivity contribution in [3.63, 3.8) is 0 Å². The molecule has 33 heavy (non-hydrogen) atoms. The zero-order chi connectivity index (χ0) is 25.2. The van der Waals surface area contributed by atoms with E-state index in [4.69, 9.17) is 16.2 Å². The molecular weight excluding hydrogens is 470 g/mol. The summed E-state index contributed by atoms with van der Waals surface area (Å²) in [4.78, 5) is 41.6. The Kier molecular flexibility index (Phi) is 11.6. The lowest BCUT2D eigenvalue weighted by Crippen LogP contribution is -2.50. The van der Waals surface area contributed by atoms with E-state index in [0.29, 0.717) is 24.0 Å². The Morgan fingerprint density at radius 2 is 1.73 bits per heavy atom. The zero-order valence-electron chi connectivity index (χ0n) is 18.1. The fraction of sp³-hybridized carbons (Fsp3) is 0.500. The number of Topliss-reactive ketones (excluding diaryl/α,β-unsaturated/α-hetero) is 1. The van der Waals surface area contributed by atoms with E-state index in [9.17, 15) is 31.9 Å². The molecule has 1 aromatic rings. The molecule has 4 N–H and O–H groups in total. The van der Waals surface area contributed by atoms with Crippen LogP contribution in [-0.2, 0) is 29.3 Å². The molecule has 13 heteroatoms. The van der Waals surface area contributed by atoms with Crippen LogP contribution < -0.4 is 11.5 Å². The third kappa shape index (κ3) is 7.06. The number of halogens is 4. The zero-order valence-corrected chi connectivity index (χ0v) is 18.9. The van der Waals surface area contributed by atoms with E-state index in [1.54, 1.807) is 0 Å². The van der Waals surface area contributed by atoms with Gasteiger partial charge < -0.3 is 20.9 Å². The van der Waals surface area contributed by atoms with Crippen LogP contribution in [0.1, 0.15) is 25.8 Å². The first-order valence-corrected chi connectivity index (χ1v) is 10.8. The molecule has 0 spiro atoms. The lowest BCUT2D eigenvalue weighted by Gasteiger charge is -2.30. The number of carbonyl (C=O) groups is 3. The van der Waals surface area contributed by atoms with Crippen molar-refractivity contribution >= 4 is 34.5 Å². The molecule has 0 saturated heterocycles. The molecule has 0 aliphatic carbocycles. The second kappa shape index (κ2) is 13.4. The van der Waals surface area contributed by atoms with Gasteiger partial charge in [-0.3, -0.25) is 19.4 Å². The van der Waals surface area contributed by atoms with Crippen LogP contribution in [0.3, 0.4) is 0 Å². The van der Waals surface area contributed by atoms with Crippen molar-refractivity contribution < 1.29 is 41.4 Å². The van der Waals surface area contributed by atoms with Gasteiger partial charge in [0.15, 0.2) is 34.5 Å². The van der Waals surface area contributed by atoms with Gasteiger partial charge in [-0.05, 0) is 26.8 Å². The largest absolute Gasteiger partial charge is 0.391 e.